The van der Waals surface area contributed by atoms with Crippen molar-refractivity contribution < 1.29 is 0 Å². The number of benzene rings is 1. The summed E-state index contributed by atoms with van der Waals surface area (Å²) in [4.78, 5) is 3.06. The summed E-state index contributed by atoms with van der Waals surface area (Å²) in [6, 6.07) is 8.16. The number of nitriles is 1. The maximum absolute atomic E-state index is 8.72. The van der Waals surface area contributed by atoms with Gasteiger partial charge in [0.1, 0.15) is 6.07 Å². The predicted octanol–water partition coefficient (Wildman–Crippen LogP) is 3.37. The van der Waals surface area contributed by atoms with Crippen LogP contribution in [0, 0.1) is 18.3 Å². The summed E-state index contributed by atoms with van der Waals surface area (Å²) in [6.45, 7) is 6.03. The highest BCUT2D eigenvalue weighted by Gasteiger charge is 2.00. The molecular weight excluding hydrogens is 172 g/mol. The zero-order chi connectivity index (χ0) is 10.6. The summed E-state index contributed by atoms with van der Waals surface area (Å²) in [5.41, 5.74) is 2.95. The Morgan fingerprint density at radius 1 is 1.29 bits per heavy atom. The van der Waals surface area contributed by atoms with Crippen LogP contribution in [0.15, 0.2) is 24.4 Å². The molecule has 0 spiro atoms. The number of aromatic amines is 1. The van der Waals surface area contributed by atoms with Crippen LogP contribution in [0.2, 0.25) is 0 Å². The highest BCUT2D eigenvalue weighted by Crippen LogP contribution is 2.18. The Bertz CT molecular complexity index is 461. The van der Waals surface area contributed by atoms with Crippen LogP contribution in [-0.4, -0.2) is 4.98 Å². The normalized spacial score (nSPS) is 9.00. The van der Waals surface area contributed by atoms with Gasteiger partial charge in [-0.2, -0.15) is 5.26 Å². The van der Waals surface area contributed by atoms with E-state index in [1.165, 1.54) is 5.56 Å². The number of nitrogens with one attached hydrogen (secondary N) is 1. The molecule has 0 fully saturated rings. The van der Waals surface area contributed by atoms with E-state index in [1.54, 1.807) is 6.20 Å². The number of nitrogens with zero attached hydrogens (tertiary/aromatic N) is 1. The van der Waals surface area contributed by atoms with Crippen molar-refractivity contribution in [2.75, 3.05) is 0 Å². The van der Waals surface area contributed by atoms with Crippen molar-refractivity contribution in [3.05, 3.63) is 35.5 Å². The van der Waals surface area contributed by atoms with Gasteiger partial charge in [-0.15, -0.1) is 0 Å². The molecule has 2 nitrogen and oxygen atoms in total. The molecule has 0 radical (unpaired) electrons. The van der Waals surface area contributed by atoms with Gasteiger partial charge in [-0.05, 0) is 18.6 Å². The van der Waals surface area contributed by atoms with Crippen LogP contribution in [0.5, 0.6) is 0 Å². The molecule has 0 aliphatic rings. The summed E-state index contributed by atoms with van der Waals surface area (Å²) in [5.74, 6) is 0. The lowest BCUT2D eigenvalue weighted by atomic mass is 10.1. The van der Waals surface area contributed by atoms with Crippen LogP contribution in [0.25, 0.3) is 10.9 Å². The van der Waals surface area contributed by atoms with Gasteiger partial charge in [-0.3, -0.25) is 0 Å². The number of rotatable bonds is 0. The quantitative estimate of drug-likeness (QED) is 0.673. The minimum Gasteiger partial charge on any atom is -0.360 e. The molecule has 2 aromatic rings. The summed E-state index contributed by atoms with van der Waals surface area (Å²) in [5, 5.41) is 9.73. The number of aryl methyl sites for hydroxylation is 1. The Morgan fingerprint density at radius 3 is 2.64 bits per heavy atom. The van der Waals surface area contributed by atoms with Gasteiger partial charge in [0.05, 0.1) is 5.56 Å². The summed E-state index contributed by atoms with van der Waals surface area (Å²) in [7, 11) is 0. The molecule has 2 heteroatoms. The lowest BCUT2D eigenvalue weighted by Gasteiger charge is -1.91. The van der Waals surface area contributed by atoms with Gasteiger partial charge in [0.15, 0.2) is 0 Å². The molecule has 0 unspecified atom stereocenters. The molecular formula is C12H14N2. The third-order valence-corrected chi connectivity index (χ3v) is 1.96. The maximum Gasteiger partial charge on any atom is 0.101 e. The first-order valence-electron chi connectivity index (χ1n) is 4.79. The topological polar surface area (TPSA) is 39.6 Å². The molecule has 0 aliphatic heterocycles. The number of hydrogen-bond donors (Lipinski definition) is 1. The molecule has 1 aromatic carbocycles. The second kappa shape index (κ2) is 4.48. The highest BCUT2D eigenvalue weighted by molar-refractivity contribution is 5.86. The van der Waals surface area contributed by atoms with Crippen molar-refractivity contribution >= 4 is 10.9 Å². The van der Waals surface area contributed by atoms with E-state index in [-0.39, 0.29) is 0 Å². The molecule has 1 N–H and O–H groups in total. The van der Waals surface area contributed by atoms with Crippen LogP contribution < -0.4 is 0 Å². The Labute approximate surface area is 84.2 Å². The van der Waals surface area contributed by atoms with Gasteiger partial charge in [0.25, 0.3) is 0 Å². The van der Waals surface area contributed by atoms with Gasteiger partial charge in [-0.25, -0.2) is 0 Å². The van der Waals surface area contributed by atoms with Crippen molar-refractivity contribution in [3.63, 3.8) is 0 Å². The smallest absolute Gasteiger partial charge is 0.101 e. The van der Waals surface area contributed by atoms with E-state index in [0.29, 0.717) is 5.56 Å². The number of aromatic nitrogens is 1. The maximum atomic E-state index is 8.72. The van der Waals surface area contributed by atoms with Gasteiger partial charge in [0, 0.05) is 17.1 Å². The predicted molar refractivity (Wildman–Crippen MR) is 59.1 cm³/mol. The van der Waals surface area contributed by atoms with E-state index in [1.807, 2.05) is 39.0 Å². The number of hydrogen-bond acceptors (Lipinski definition) is 1. The fraction of sp³-hybridized carbons (Fsp3) is 0.250. The van der Waals surface area contributed by atoms with E-state index >= 15 is 0 Å². The molecule has 0 bridgehead atoms. The third kappa shape index (κ3) is 1.77. The lowest BCUT2D eigenvalue weighted by molar-refractivity contribution is 1.43. The Morgan fingerprint density at radius 2 is 2.00 bits per heavy atom. The molecule has 1 heterocycles. The summed E-state index contributed by atoms with van der Waals surface area (Å²) in [6.07, 6.45) is 1.74. The van der Waals surface area contributed by atoms with Crippen LogP contribution >= 0.6 is 0 Å². The lowest BCUT2D eigenvalue weighted by Crippen LogP contribution is -1.72. The van der Waals surface area contributed by atoms with Gasteiger partial charge in [-0.1, -0.05) is 26.0 Å². The molecule has 0 saturated carbocycles. The largest absolute Gasteiger partial charge is 0.360 e. The monoisotopic (exact) mass is 186 g/mol. The molecule has 0 saturated heterocycles. The second-order valence-electron chi connectivity index (χ2n) is 2.86. The van der Waals surface area contributed by atoms with E-state index in [2.05, 4.69) is 11.1 Å². The van der Waals surface area contributed by atoms with E-state index in [0.717, 1.165) is 10.9 Å². The van der Waals surface area contributed by atoms with Crippen molar-refractivity contribution in [2.45, 2.75) is 20.8 Å². The molecule has 72 valence electrons. The molecule has 1 aromatic heterocycles. The van der Waals surface area contributed by atoms with Gasteiger partial charge in [0.2, 0.25) is 0 Å². The van der Waals surface area contributed by atoms with Crippen molar-refractivity contribution in [1.29, 1.82) is 5.26 Å². The average molecular weight is 186 g/mol. The van der Waals surface area contributed by atoms with Crippen molar-refractivity contribution in [3.8, 4) is 6.07 Å². The van der Waals surface area contributed by atoms with Crippen molar-refractivity contribution in [2.24, 2.45) is 0 Å². The van der Waals surface area contributed by atoms with E-state index in [9.17, 15) is 0 Å². The van der Waals surface area contributed by atoms with Gasteiger partial charge < -0.3 is 4.98 Å². The molecule has 0 aliphatic carbocycles. The van der Waals surface area contributed by atoms with E-state index < -0.39 is 0 Å². The number of H-pyrrole nitrogens is 1. The van der Waals surface area contributed by atoms with E-state index in [4.69, 9.17) is 5.26 Å². The second-order valence-corrected chi connectivity index (χ2v) is 2.86. The Hall–Kier alpha value is -1.75. The highest BCUT2D eigenvalue weighted by atomic mass is 14.7. The molecule has 2 rings (SSSR count). The zero-order valence-electron chi connectivity index (χ0n) is 8.76. The fourth-order valence-electron chi connectivity index (χ4n) is 1.33. The molecule has 0 atom stereocenters. The first kappa shape index (κ1) is 10.3. The van der Waals surface area contributed by atoms with Crippen LogP contribution in [-0.2, 0) is 0 Å². The molecule has 14 heavy (non-hydrogen) atoms. The van der Waals surface area contributed by atoms with Gasteiger partial charge >= 0.3 is 0 Å². The minimum atomic E-state index is 0.713. The van der Waals surface area contributed by atoms with Crippen LogP contribution in [0.1, 0.15) is 25.0 Å². The van der Waals surface area contributed by atoms with Crippen molar-refractivity contribution in [1.82, 2.24) is 4.98 Å². The number of fused-ring (bicyclic) bond motifs is 1. The summed E-state index contributed by atoms with van der Waals surface area (Å²) < 4.78 is 0. The van der Waals surface area contributed by atoms with Crippen LogP contribution in [0.3, 0.4) is 0 Å². The molecule has 0 amide bonds. The zero-order valence-corrected chi connectivity index (χ0v) is 8.76. The first-order chi connectivity index (χ1) is 6.81. The minimum absolute atomic E-state index is 0.713. The standard InChI is InChI=1S/C10H8N2.C2H6/c1-7-2-3-9-8(5-11)6-12-10(9)4-7;1-2/h2-4,6,12H,1H3;1-2H3. The SMILES string of the molecule is CC.Cc1ccc2c(C#N)c[nH]c2c1. The fourth-order valence-corrected chi connectivity index (χ4v) is 1.33. The third-order valence-electron chi connectivity index (χ3n) is 1.96. The Balaban J connectivity index is 0.000000461. The first-order valence-corrected chi connectivity index (χ1v) is 4.79. The average Bonchev–Trinajstić information content (AvgIpc) is 2.62. The Kier molecular flexibility index (Phi) is 3.30. The summed E-state index contributed by atoms with van der Waals surface area (Å²) >= 11 is 0. The van der Waals surface area contributed by atoms with Crippen LogP contribution in [0.4, 0.5) is 0 Å².